The van der Waals surface area contributed by atoms with Crippen molar-refractivity contribution in [1.29, 1.82) is 0 Å². The van der Waals surface area contributed by atoms with Gasteiger partial charge in [0.25, 0.3) is 0 Å². The molecule has 35 heavy (non-hydrogen) atoms. The molecule has 1 aliphatic heterocycles. The molecule has 6 nitrogen and oxygen atoms in total. The van der Waals surface area contributed by atoms with E-state index in [2.05, 4.69) is 33.5 Å². The molecule has 0 atom stereocenters. The summed E-state index contributed by atoms with van der Waals surface area (Å²) in [6.45, 7) is 1.84. The summed E-state index contributed by atoms with van der Waals surface area (Å²) in [6, 6.07) is 6.95. The minimum atomic E-state index is -3.36. The summed E-state index contributed by atoms with van der Waals surface area (Å²) >= 11 is -1.96. The van der Waals surface area contributed by atoms with E-state index in [0.29, 0.717) is 48.3 Å². The van der Waals surface area contributed by atoms with Crippen LogP contribution in [0.15, 0.2) is 67.9 Å². The number of hydrogen-bond donors (Lipinski definition) is 1. The average Bonchev–Trinajstić information content (AvgIpc) is 3.11. The Bertz CT molecular complexity index is 1320. The van der Waals surface area contributed by atoms with Crippen LogP contribution in [0.3, 0.4) is 0 Å². The van der Waals surface area contributed by atoms with Gasteiger partial charge in [-0.1, -0.05) is 0 Å². The topological polar surface area (TPSA) is 89.0 Å². The average molecular weight is 682 g/mol. The van der Waals surface area contributed by atoms with Gasteiger partial charge in [0.05, 0.1) is 0 Å². The van der Waals surface area contributed by atoms with Crippen LogP contribution in [0.25, 0.3) is 0 Å². The second-order valence-electron chi connectivity index (χ2n) is 8.92. The fraction of sp³-hybridized carbons (Fsp3) is 0.346. The molecule has 1 N–H and O–H groups in total. The number of amides is 1. The number of nitrogens with one attached hydrogen (secondary N) is 1. The SMILES string of the molecule is CCCS(=O)(=O)c1ccccc1CCc1n[c]([Hg][C]2=CC3=C(CC=C2)NC(=O)CCC3)ncc1F. The van der Waals surface area contributed by atoms with Crippen LogP contribution in [0.2, 0.25) is 0 Å². The van der Waals surface area contributed by atoms with E-state index in [4.69, 9.17) is 0 Å². The third kappa shape index (κ3) is 6.73. The number of halogens is 1. The van der Waals surface area contributed by atoms with Crippen molar-refractivity contribution in [3.8, 4) is 0 Å². The molecule has 1 amide bonds. The van der Waals surface area contributed by atoms with E-state index < -0.39 is 40.2 Å². The van der Waals surface area contributed by atoms with Crippen LogP contribution in [0.5, 0.6) is 0 Å². The molecule has 0 bridgehead atoms. The molecular weight excluding hydrogens is 654 g/mol. The van der Waals surface area contributed by atoms with Crippen LogP contribution in [0.4, 0.5) is 4.39 Å². The van der Waals surface area contributed by atoms with Gasteiger partial charge in [-0.25, -0.2) is 0 Å². The first-order valence-electron chi connectivity index (χ1n) is 12.1. The molecule has 2 aromatic rings. The maximum atomic E-state index is 14.6. The van der Waals surface area contributed by atoms with Gasteiger partial charge in [-0.05, 0) is 0 Å². The quantitative estimate of drug-likeness (QED) is 0.430. The Hall–Kier alpha value is -2.19. The van der Waals surface area contributed by atoms with E-state index in [0.717, 1.165) is 21.9 Å². The summed E-state index contributed by atoms with van der Waals surface area (Å²) in [5.74, 6) is -0.298. The van der Waals surface area contributed by atoms with E-state index >= 15 is 0 Å². The van der Waals surface area contributed by atoms with Gasteiger partial charge in [-0.2, -0.15) is 0 Å². The fourth-order valence-electron chi connectivity index (χ4n) is 4.49. The number of carbonyl (C=O) groups excluding carboxylic acids is 1. The number of carbonyl (C=O) groups is 1. The van der Waals surface area contributed by atoms with Crippen molar-refractivity contribution in [3.63, 3.8) is 0 Å². The standard InChI is InChI=1S/C15H16FN2O2S.C11H12NO.Hg/c1-2-9-21(19,20)15-6-4-3-5-12(15)7-8-14-13(16)10-17-11-18-14;13-11-8-4-6-9-5-2-1-3-7-10(9)12-11;/h3-6,10H,2,7-9H2,1H3;1,3,5H,4,6-8H2,(H,12,13);. The number of rotatable bonds is 8. The number of allylic oxidation sites excluding steroid dienone is 5. The van der Waals surface area contributed by atoms with Gasteiger partial charge in [-0.3, -0.25) is 0 Å². The molecule has 1 aliphatic carbocycles. The number of aromatic nitrogens is 2. The van der Waals surface area contributed by atoms with Gasteiger partial charge in [0.2, 0.25) is 0 Å². The Kier molecular flexibility index (Phi) is 8.65. The predicted molar refractivity (Wildman–Crippen MR) is 129 cm³/mol. The zero-order valence-electron chi connectivity index (χ0n) is 19.9. The number of hydrogen-bond acceptors (Lipinski definition) is 5. The van der Waals surface area contributed by atoms with Crippen molar-refractivity contribution < 1.29 is 42.2 Å². The molecule has 0 radical (unpaired) electrons. The zero-order chi connectivity index (χ0) is 24.8. The molecule has 0 saturated heterocycles. The molecule has 0 saturated carbocycles. The van der Waals surface area contributed by atoms with Crippen LogP contribution in [0.1, 0.15) is 50.3 Å². The van der Waals surface area contributed by atoms with Crippen LogP contribution < -0.4 is 8.65 Å². The van der Waals surface area contributed by atoms with E-state index in [9.17, 15) is 17.6 Å². The summed E-state index contributed by atoms with van der Waals surface area (Å²) in [7, 11) is -3.36. The first-order valence-corrected chi connectivity index (χ1v) is 19.2. The zero-order valence-corrected chi connectivity index (χ0v) is 26.2. The van der Waals surface area contributed by atoms with Crippen molar-refractivity contribution in [2.45, 2.75) is 56.8 Å². The second-order valence-corrected chi connectivity index (χ2v) is 18.0. The summed E-state index contributed by atoms with van der Waals surface area (Å²) in [5, 5.41) is 3.02. The Morgan fingerprint density at radius 1 is 1.17 bits per heavy atom. The molecule has 9 heteroatoms. The van der Waals surface area contributed by atoms with Crippen molar-refractivity contribution in [2.75, 3.05) is 5.75 Å². The first-order chi connectivity index (χ1) is 16.9. The number of benzene rings is 1. The Balaban J connectivity index is 1.52. The molecule has 0 fully saturated rings. The van der Waals surface area contributed by atoms with Gasteiger partial charge >= 0.3 is 219 Å². The van der Waals surface area contributed by atoms with Crippen molar-refractivity contribution in [3.05, 3.63) is 80.1 Å². The maximum absolute atomic E-state index is 14.6. The molecule has 2 aliphatic rings. The van der Waals surface area contributed by atoms with Crippen molar-refractivity contribution in [1.82, 2.24) is 15.3 Å². The minimum absolute atomic E-state index is 0.0698. The predicted octanol–water partition coefficient (Wildman–Crippen LogP) is 3.69. The molecular formula is C26H28FHgN3O3S. The van der Waals surface area contributed by atoms with Crippen LogP contribution in [0, 0.1) is 5.82 Å². The summed E-state index contributed by atoms with van der Waals surface area (Å²) in [6.07, 6.45) is 11.8. The number of sulfone groups is 1. The Morgan fingerprint density at radius 3 is 2.83 bits per heavy atom. The van der Waals surface area contributed by atoms with Gasteiger partial charge in [0, 0.05) is 0 Å². The third-order valence-electron chi connectivity index (χ3n) is 6.18. The summed E-state index contributed by atoms with van der Waals surface area (Å²) in [5.41, 5.74) is 3.17. The summed E-state index contributed by atoms with van der Waals surface area (Å²) in [4.78, 5) is 21.1. The van der Waals surface area contributed by atoms with Crippen molar-refractivity contribution >= 4 is 19.1 Å². The molecule has 1 aromatic carbocycles. The molecule has 1 aromatic heterocycles. The van der Waals surface area contributed by atoms with E-state index in [1.807, 2.05) is 13.0 Å². The van der Waals surface area contributed by atoms with Crippen LogP contribution in [-0.4, -0.2) is 30.0 Å². The van der Waals surface area contributed by atoms with E-state index in [-0.39, 0.29) is 11.7 Å². The van der Waals surface area contributed by atoms with Crippen molar-refractivity contribution in [2.24, 2.45) is 0 Å². The van der Waals surface area contributed by atoms with Gasteiger partial charge in [0.15, 0.2) is 0 Å². The second kappa shape index (κ2) is 11.7. The third-order valence-corrected chi connectivity index (χ3v) is 14.0. The van der Waals surface area contributed by atoms with Gasteiger partial charge in [-0.15, -0.1) is 0 Å². The van der Waals surface area contributed by atoms with E-state index in [1.165, 1.54) is 14.9 Å². The normalized spacial score (nSPS) is 16.1. The molecule has 4 rings (SSSR count). The Morgan fingerprint density at radius 2 is 2.00 bits per heavy atom. The Labute approximate surface area is 218 Å². The van der Waals surface area contributed by atoms with E-state index in [1.54, 1.807) is 18.2 Å². The molecule has 0 unspecified atom stereocenters. The number of aryl methyl sites for hydroxylation is 2. The van der Waals surface area contributed by atoms with Gasteiger partial charge in [0.1, 0.15) is 0 Å². The molecule has 0 spiro atoms. The molecule has 180 valence electrons. The van der Waals surface area contributed by atoms with Gasteiger partial charge < -0.3 is 0 Å². The monoisotopic (exact) mass is 683 g/mol. The van der Waals surface area contributed by atoms with Crippen LogP contribution >= 0.6 is 0 Å². The molecule has 2 heterocycles. The number of nitrogens with zero attached hydrogens (tertiary/aromatic N) is 2. The fourth-order valence-corrected chi connectivity index (χ4v) is 11.7. The first kappa shape index (κ1) is 25.9. The van der Waals surface area contributed by atoms with Crippen LogP contribution in [-0.2, 0) is 52.0 Å². The summed E-state index contributed by atoms with van der Waals surface area (Å²) < 4.78 is 41.8.